The molecule has 17 heavy (non-hydrogen) atoms. The highest BCUT2D eigenvalue weighted by Crippen LogP contribution is 2.20. The summed E-state index contributed by atoms with van der Waals surface area (Å²) in [5, 5.41) is 8.48. The molecule has 0 aromatic carbocycles. The Morgan fingerprint density at radius 3 is 2.24 bits per heavy atom. The van der Waals surface area contributed by atoms with Crippen LogP contribution in [0.5, 0.6) is 0 Å². The first kappa shape index (κ1) is 15.5. The van der Waals surface area contributed by atoms with Gasteiger partial charge in [-0.2, -0.15) is 0 Å². The molecule has 0 aromatic rings. The normalized spacial score (nSPS) is 13.6. The maximum Gasteiger partial charge on any atom is 0.513 e. The van der Waals surface area contributed by atoms with Gasteiger partial charge in [-0.25, -0.2) is 9.59 Å². The molecule has 8 nitrogen and oxygen atoms in total. The lowest BCUT2D eigenvalue weighted by molar-refractivity contribution is -0.329. The molecule has 0 heterocycles. The van der Waals surface area contributed by atoms with Crippen LogP contribution in [0.2, 0.25) is 0 Å². The summed E-state index contributed by atoms with van der Waals surface area (Å²) in [7, 11) is 2.59. The molecule has 0 radical (unpaired) electrons. The third kappa shape index (κ3) is 5.93. The summed E-state index contributed by atoms with van der Waals surface area (Å²) >= 11 is 0. The van der Waals surface area contributed by atoms with E-state index in [1.54, 1.807) is 0 Å². The van der Waals surface area contributed by atoms with Crippen molar-refractivity contribution in [1.29, 1.82) is 0 Å². The topological polar surface area (TPSA) is 101 Å². The molecule has 0 saturated carbocycles. The van der Waals surface area contributed by atoms with Crippen molar-refractivity contribution >= 4 is 12.3 Å². The maximum atomic E-state index is 11.2. The SMILES string of the molecule is CCC(OC)(OC(=O)O)OC(=O)OCCOC. The smallest absolute Gasteiger partial charge is 0.450 e. The maximum absolute atomic E-state index is 11.2. The first-order chi connectivity index (χ1) is 7.99. The van der Waals surface area contributed by atoms with Gasteiger partial charge in [-0.05, 0) is 0 Å². The number of hydrogen-bond acceptors (Lipinski definition) is 7. The van der Waals surface area contributed by atoms with Crippen molar-refractivity contribution in [2.45, 2.75) is 19.3 Å². The van der Waals surface area contributed by atoms with Gasteiger partial charge in [0, 0.05) is 14.2 Å². The van der Waals surface area contributed by atoms with Gasteiger partial charge >= 0.3 is 18.3 Å². The molecule has 0 bridgehead atoms. The Morgan fingerprint density at radius 2 is 1.82 bits per heavy atom. The Bertz CT molecular complexity index is 247. The van der Waals surface area contributed by atoms with E-state index in [9.17, 15) is 9.59 Å². The first-order valence-electron chi connectivity index (χ1n) is 4.81. The Labute approximate surface area is 98.3 Å². The van der Waals surface area contributed by atoms with Gasteiger partial charge in [-0.15, -0.1) is 0 Å². The van der Waals surface area contributed by atoms with E-state index in [4.69, 9.17) is 9.84 Å². The molecular formula is C9H16O8. The zero-order valence-corrected chi connectivity index (χ0v) is 9.93. The van der Waals surface area contributed by atoms with Crippen LogP contribution in [0, 0.1) is 0 Å². The molecule has 1 unspecified atom stereocenters. The number of methoxy groups -OCH3 is 2. The van der Waals surface area contributed by atoms with Crippen LogP contribution in [-0.4, -0.2) is 50.8 Å². The van der Waals surface area contributed by atoms with E-state index >= 15 is 0 Å². The summed E-state index contributed by atoms with van der Waals surface area (Å²) in [6.07, 6.45) is -2.75. The van der Waals surface area contributed by atoms with E-state index in [0.29, 0.717) is 0 Å². The van der Waals surface area contributed by atoms with E-state index in [-0.39, 0.29) is 19.6 Å². The summed E-state index contributed by atoms with van der Waals surface area (Å²) in [6, 6.07) is 0. The number of rotatable bonds is 7. The number of ether oxygens (including phenoxy) is 5. The minimum atomic E-state index is -1.99. The van der Waals surface area contributed by atoms with Crippen LogP contribution >= 0.6 is 0 Å². The van der Waals surface area contributed by atoms with E-state index in [1.165, 1.54) is 14.0 Å². The molecule has 0 spiro atoms. The van der Waals surface area contributed by atoms with Gasteiger partial charge in [-0.1, -0.05) is 6.92 Å². The Balaban J connectivity index is 4.32. The largest absolute Gasteiger partial charge is 0.513 e. The molecule has 0 aliphatic heterocycles. The minimum Gasteiger partial charge on any atom is -0.450 e. The predicted molar refractivity (Wildman–Crippen MR) is 53.4 cm³/mol. The monoisotopic (exact) mass is 252 g/mol. The van der Waals surface area contributed by atoms with Gasteiger partial charge in [0.05, 0.1) is 13.0 Å². The highest BCUT2D eigenvalue weighted by molar-refractivity contribution is 5.61. The van der Waals surface area contributed by atoms with Crippen LogP contribution in [-0.2, 0) is 23.7 Å². The van der Waals surface area contributed by atoms with Crippen molar-refractivity contribution in [3.8, 4) is 0 Å². The molecule has 0 aromatic heterocycles. The molecule has 1 N–H and O–H groups in total. The highest BCUT2D eigenvalue weighted by atomic mass is 16.9. The molecule has 0 aliphatic rings. The zero-order valence-electron chi connectivity index (χ0n) is 9.93. The lowest BCUT2D eigenvalue weighted by atomic mass is 10.4. The van der Waals surface area contributed by atoms with Crippen LogP contribution in [0.3, 0.4) is 0 Å². The van der Waals surface area contributed by atoms with E-state index in [2.05, 4.69) is 18.9 Å². The number of carbonyl (C=O) groups excluding carboxylic acids is 1. The van der Waals surface area contributed by atoms with Crippen molar-refractivity contribution in [2.24, 2.45) is 0 Å². The molecule has 0 amide bonds. The fourth-order valence-corrected chi connectivity index (χ4v) is 0.891. The lowest BCUT2D eigenvalue weighted by Crippen LogP contribution is -2.41. The third-order valence-corrected chi connectivity index (χ3v) is 1.73. The van der Waals surface area contributed by atoms with Crippen molar-refractivity contribution < 1.29 is 38.4 Å². The van der Waals surface area contributed by atoms with E-state index in [0.717, 1.165) is 7.11 Å². The molecule has 8 heteroatoms. The van der Waals surface area contributed by atoms with Gasteiger partial charge in [0.2, 0.25) is 0 Å². The molecule has 0 saturated heterocycles. The molecule has 0 rings (SSSR count). The van der Waals surface area contributed by atoms with Gasteiger partial charge < -0.3 is 28.8 Å². The highest BCUT2D eigenvalue weighted by Gasteiger charge is 2.38. The summed E-state index contributed by atoms with van der Waals surface area (Å²) in [5.74, 6) is -1.99. The second-order valence-electron chi connectivity index (χ2n) is 2.80. The van der Waals surface area contributed by atoms with E-state index < -0.39 is 18.3 Å². The molecule has 1 atom stereocenters. The van der Waals surface area contributed by atoms with E-state index in [1.807, 2.05) is 0 Å². The average molecular weight is 252 g/mol. The Kier molecular flexibility index (Phi) is 6.99. The van der Waals surface area contributed by atoms with Gasteiger partial charge in [0.25, 0.3) is 0 Å². The third-order valence-electron chi connectivity index (χ3n) is 1.73. The van der Waals surface area contributed by atoms with Gasteiger partial charge in [0.15, 0.2) is 0 Å². The lowest BCUT2D eigenvalue weighted by Gasteiger charge is -2.27. The van der Waals surface area contributed by atoms with Crippen LogP contribution in [0.25, 0.3) is 0 Å². The van der Waals surface area contributed by atoms with Gasteiger partial charge in [-0.3, -0.25) is 0 Å². The minimum absolute atomic E-state index is 0.0187. The number of hydrogen-bond donors (Lipinski definition) is 1. The second kappa shape index (κ2) is 7.69. The number of carbonyl (C=O) groups is 2. The van der Waals surface area contributed by atoms with Gasteiger partial charge in [0.1, 0.15) is 6.61 Å². The molecule has 0 aliphatic carbocycles. The van der Waals surface area contributed by atoms with Crippen LogP contribution in [0.1, 0.15) is 13.3 Å². The fraction of sp³-hybridized carbons (Fsp3) is 0.778. The molecule has 0 fully saturated rings. The fourth-order valence-electron chi connectivity index (χ4n) is 0.891. The Morgan fingerprint density at radius 1 is 1.18 bits per heavy atom. The summed E-state index contributed by atoms with van der Waals surface area (Å²) < 4.78 is 23.0. The van der Waals surface area contributed by atoms with Crippen LogP contribution in [0.4, 0.5) is 9.59 Å². The standard InChI is InChI=1S/C9H16O8/c1-4-9(14-3,16-7(10)11)17-8(12)15-6-5-13-2/h4-6H2,1-3H3,(H,10,11). The summed E-state index contributed by atoms with van der Waals surface area (Å²) in [4.78, 5) is 21.6. The second-order valence-corrected chi connectivity index (χ2v) is 2.80. The van der Waals surface area contributed by atoms with Crippen molar-refractivity contribution in [3.63, 3.8) is 0 Å². The number of carboxylic acid groups (broad SMARTS) is 1. The summed E-state index contributed by atoms with van der Waals surface area (Å²) in [6.45, 7) is 1.70. The summed E-state index contributed by atoms with van der Waals surface area (Å²) in [5.41, 5.74) is 0. The van der Waals surface area contributed by atoms with Crippen molar-refractivity contribution in [3.05, 3.63) is 0 Å². The zero-order chi connectivity index (χ0) is 13.3. The van der Waals surface area contributed by atoms with Crippen LogP contribution < -0.4 is 0 Å². The first-order valence-corrected chi connectivity index (χ1v) is 4.81. The Hall–Kier alpha value is -1.54. The van der Waals surface area contributed by atoms with Crippen molar-refractivity contribution in [1.82, 2.24) is 0 Å². The molecular weight excluding hydrogens is 236 g/mol. The quantitative estimate of drug-likeness (QED) is 0.409. The molecule has 100 valence electrons. The average Bonchev–Trinajstić information content (AvgIpc) is 2.27. The van der Waals surface area contributed by atoms with Crippen molar-refractivity contribution in [2.75, 3.05) is 27.4 Å². The predicted octanol–water partition coefficient (Wildman–Crippen LogP) is 1.19. The van der Waals surface area contributed by atoms with Crippen LogP contribution in [0.15, 0.2) is 0 Å².